The third-order valence-corrected chi connectivity index (χ3v) is 10.6. The van der Waals surface area contributed by atoms with Gasteiger partial charge in [0, 0.05) is 32.4 Å². The van der Waals surface area contributed by atoms with Crippen LogP contribution in [-0.2, 0) is 33.6 Å². The Kier molecular flexibility index (Phi) is 56.1. The largest absolute Gasteiger partial charge is 0.369 e. The number of ketones is 2. The molecular formula is C55H104N4O7. The van der Waals surface area contributed by atoms with E-state index in [1.54, 1.807) is 4.90 Å². The highest BCUT2D eigenvalue weighted by atomic mass is 16.2. The fourth-order valence-electron chi connectivity index (χ4n) is 5.76. The van der Waals surface area contributed by atoms with Gasteiger partial charge in [0.15, 0.2) is 0 Å². The molecule has 0 spiro atoms. The minimum absolute atomic E-state index is 0.0242. The molecule has 2 fully saturated rings. The van der Waals surface area contributed by atoms with E-state index in [1.165, 1.54) is 51.9 Å². The summed E-state index contributed by atoms with van der Waals surface area (Å²) in [6.07, 6.45) is 23.3. The summed E-state index contributed by atoms with van der Waals surface area (Å²) in [5.74, 6) is 0.722. The molecule has 11 heteroatoms. The zero-order valence-electron chi connectivity index (χ0n) is 45.3. The number of amides is 4. The lowest BCUT2D eigenvalue weighted by molar-refractivity contribution is -0.138. The van der Waals surface area contributed by atoms with Crippen LogP contribution in [0.15, 0.2) is 30.3 Å². The Morgan fingerprint density at radius 3 is 1.56 bits per heavy atom. The number of hydrogen-bond acceptors (Lipinski definition) is 7. The lowest BCUT2D eigenvalue weighted by Crippen LogP contribution is -2.34. The summed E-state index contributed by atoms with van der Waals surface area (Å²) in [6.45, 7) is 26.7. The van der Waals surface area contributed by atoms with E-state index in [0.29, 0.717) is 18.6 Å². The van der Waals surface area contributed by atoms with Gasteiger partial charge in [0.1, 0.15) is 12.1 Å². The van der Waals surface area contributed by atoms with Crippen molar-refractivity contribution >= 4 is 41.5 Å². The van der Waals surface area contributed by atoms with Crippen LogP contribution in [0.25, 0.3) is 0 Å². The van der Waals surface area contributed by atoms with Gasteiger partial charge in [0.05, 0.1) is 19.0 Å². The molecule has 0 aromatic heterocycles. The summed E-state index contributed by atoms with van der Waals surface area (Å²) in [6, 6.07) is 10.1. The van der Waals surface area contributed by atoms with E-state index in [-0.39, 0.29) is 60.8 Å². The minimum atomic E-state index is -0.649. The number of Topliss-reactive ketones (excluding diaryl/α,β-unsaturated/α-hetero) is 2. The molecule has 0 bridgehead atoms. The molecule has 1 aromatic rings. The zero-order chi connectivity index (χ0) is 51.7. The molecule has 2 aliphatic carbocycles. The predicted octanol–water partition coefficient (Wildman–Crippen LogP) is 12.4. The summed E-state index contributed by atoms with van der Waals surface area (Å²) in [7, 11) is 3.65. The van der Waals surface area contributed by atoms with Gasteiger partial charge >= 0.3 is 0 Å². The summed E-state index contributed by atoms with van der Waals surface area (Å²) in [5, 5.41) is 4.74. The van der Waals surface area contributed by atoms with E-state index in [0.717, 1.165) is 82.1 Å². The summed E-state index contributed by atoms with van der Waals surface area (Å²) >= 11 is 0. The van der Waals surface area contributed by atoms with Crippen LogP contribution in [0.4, 0.5) is 0 Å². The van der Waals surface area contributed by atoms with Crippen molar-refractivity contribution in [2.75, 3.05) is 27.2 Å². The van der Waals surface area contributed by atoms with Crippen molar-refractivity contribution in [3.63, 3.8) is 0 Å². The first kappa shape index (κ1) is 71.1. The second-order valence-electron chi connectivity index (χ2n) is 17.3. The zero-order valence-corrected chi connectivity index (χ0v) is 45.3. The molecule has 2 aliphatic rings. The molecule has 0 radical (unpaired) electrons. The van der Waals surface area contributed by atoms with Gasteiger partial charge < -0.3 is 26.1 Å². The third kappa shape index (κ3) is 48.1. The number of aldehydes is 1. The molecule has 2 unspecified atom stereocenters. The van der Waals surface area contributed by atoms with Gasteiger partial charge in [-0.1, -0.05) is 197 Å². The number of unbranched alkanes of at least 4 members (excludes halogenated alkanes) is 3. The average molecular weight is 933 g/mol. The number of nitrogens with two attached hydrogens (primary N) is 1. The van der Waals surface area contributed by atoms with Crippen molar-refractivity contribution in [1.82, 2.24) is 15.5 Å². The summed E-state index contributed by atoms with van der Waals surface area (Å²) < 4.78 is 0. The summed E-state index contributed by atoms with van der Waals surface area (Å²) in [5.41, 5.74) is 6.48. The van der Waals surface area contributed by atoms with Gasteiger partial charge in [0.2, 0.25) is 23.5 Å². The topological polar surface area (TPSA) is 173 Å². The fraction of sp³-hybridized carbons (Fsp3) is 0.764. The van der Waals surface area contributed by atoms with Crippen molar-refractivity contribution in [3.8, 4) is 0 Å². The van der Waals surface area contributed by atoms with Gasteiger partial charge in [-0.05, 0) is 62.8 Å². The number of hydrogen-bond donors (Lipinski definition) is 3. The van der Waals surface area contributed by atoms with Gasteiger partial charge in [-0.2, -0.15) is 0 Å². The van der Waals surface area contributed by atoms with E-state index in [2.05, 4.69) is 59.1 Å². The number of nitrogens with zero attached hydrogens (tertiary/aromatic N) is 1. The molecule has 1 aromatic carbocycles. The van der Waals surface area contributed by atoms with Crippen molar-refractivity contribution in [2.45, 2.75) is 224 Å². The molecule has 11 nitrogen and oxygen atoms in total. The Labute approximate surface area is 406 Å². The maximum atomic E-state index is 12.1. The molecule has 0 aliphatic heterocycles. The molecule has 0 heterocycles. The average Bonchev–Trinajstić information content (AvgIpc) is 4.20. The molecule has 2 saturated carbocycles. The first-order chi connectivity index (χ1) is 31.5. The van der Waals surface area contributed by atoms with Crippen LogP contribution in [0.1, 0.15) is 230 Å². The fourth-order valence-corrected chi connectivity index (χ4v) is 5.76. The first-order valence-electron chi connectivity index (χ1n) is 26.0. The SMILES string of the molecule is C1CCCCC1.CC.CC.CCC(C)C.CCCCC(=O)C(=O)NCC(C)=O.CCCCC(C(=O)N(C)C)c1ccccc1.CCCC[C@@H](CC(C)CC)C(N)=O.O=CCNC(=O)C1CC1. The van der Waals surface area contributed by atoms with E-state index >= 15 is 0 Å². The second-order valence-corrected chi connectivity index (χ2v) is 17.3. The molecule has 386 valence electrons. The van der Waals surface area contributed by atoms with Crippen LogP contribution < -0.4 is 16.4 Å². The number of carbonyl (C=O) groups excluding carboxylic acids is 7. The van der Waals surface area contributed by atoms with Crippen molar-refractivity contribution in [2.24, 2.45) is 29.4 Å². The van der Waals surface area contributed by atoms with Crippen molar-refractivity contribution in [1.29, 1.82) is 0 Å². The first-order valence-corrected chi connectivity index (χ1v) is 26.0. The Morgan fingerprint density at radius 1 is 0.727 bits per heavy atom. The van der Waals surface area contributed by atoms with E-state index in [1.807, 2.05) is 79.0 Å². The van der Waals surface area contributed by atoms with Crippen LogP contribution in [0.3, 0.4) is 0 Å². The number of rotatable bonds is 22. The Morgan fingerprint density at radius 2 is 1.20 bits per heavy atom. The van der Waals surface area contributed by atoms with Crippen molar-refractivity contribution < 1.29 is 33.6 Å². The van der Waals surface area contributed by atoms with Crippen LogP contribution in [0.2, 0.25) is 0 Å². The monoisotopic (exact) mass is 933 g/mol. The molecule has 4 N–H and O–H groups in total. The van der Waals surface area contributed by atoms with Gasteiger partial charge in [-0.15, -0.1) is 0 Å². The van der Waals surface area contributed by atoms with Crippen molar-refractivity contribution in [3.05, 3.63) is 35.9 Å². The highest BCUT2D eigenvalue weighted by molar-refractivity contribution is 6.36. The van der Waals surface area contributed by atoms with Crippen LogP contribution in [-0.4, -0.2) is 73.6 Å². The Hall–Kier alpha value is -3.89. The number of likely N-dealkylation sites (N-methyl/N-ethyl adjacent to an activating group) is 1. The quantitative estimate of drug-likeness (QED) is 0.0766. The summed E-state index contributed by atoms with van der Waals surface area (Å²) in [4.78, 5) is 77.7. The lowest BCUT2D eigenvalue weighted by Gasteiger charge is -2.20. The lowest BCUT2D eigenvalue weighted by atomic mass is 9.90. The van der Waals surface area contributed by atoms with E-state index in [9.17, 15) is 33.6 Å². The third-order valence-electron chi connectivity index (χ3n) is 10.6. The van der Waals surface area contributed by atoms with Crippen LogP contribution in [0.5, 0.6) is 0 Å². The number of primary amides is 1. The van der Waals surface area contributed by atoms with Gasteiger partial charge in [-0.3, -0.25) is 28.8 Å². The van der Waals surface area contributed by atoms with Gasteiger partial charge in [0.25, 0.3) is 5.91 Å². The molecular weight excluding hydrogens is 829 g/mol. The van der Waals surface area contributed by atoms with Crippen LogP contribution in [0, 0.1) is 23.7 Å². The highest BCUT2D eigenvalue weighted by Gasteiger charge is 2.29. The van der Waals surface area contributed by atoms with Crippen LogP contribution >= 0.6 is 0 Å². The molecule has 3 rings (SSSR count). The molecule has 3 atom stereocenters. The number of benzene rings is 1. The number of nitrogens with one attached hydrogen (secondary N) is 2. The predicted molar refractivity (Wildman–Crippen MR) is 279 cm³/mol. The Balaban J connectivity index is -0.000000229. The molecule has 66 heavy (non-hydrogen) atoms. The minimum Gasteiger partial charge on any atom is -0.369 e. The molecule has 4 amide bonds. The number of carbonyl (C=O) groups is 7. The normalized spacial score (nSPS) is 13.2. The Bertz CT molecular complexity index is 1300. The van der Waals surface area contributed by atoms with Gasteiger partial charge in [-0.25, -0.2) is 0 Å². The van der Waals surface area contributed by atoms with E-state index < -0.39 is 11.7 Å². The smallest absolute Gasteiger partial charge is 0.287 e. The molecule has 0 saturated heterocycles. The second kappa shape index (κ2) is 52.1. The maximum Gasteiger partial charge on any atom is 0.287 e. The standard InChI is InChI=1S/C14H21NO.C11H23NO.C9H15NO3.C6H9NO2.C6H12.C5H12.2C2H6/c1-4-5-11-13(14(16)15(2)3)12-9-7-6-8-10-12;1-4-6-7-10(11(12)13)8-9(3)5-2;1-3-4-5-8(12)9(13)10-6-7(2)11;8-4-3-7-6(9)5-1-2-5;1-2-4-6-5-3-1;1-4-5(2)3;2*1-2/h6-10,13H,4-5,11H2,1-3H3;9-10H,4-8H2,1-3H3,(H2,12,13);3-6H2,1-2H3,(H,10,13);4-5H,1-3H2,(H,7,9);1-6H2;5H,4H2,1-3H3;2*1-2H3/t;9?,10-;;;;;;/m.0....../s1. The maximum absolute atomic E-state index is 12.1. The highest BCUT2D eigenvalue weighted by Crippen LogP contribution is 2.28. The van der Waals surface area contributed by atoms with E-state index in [4.69, 9.17) is 5.73 Å².